The fourth-order valence-corrected chi connectivity index (χ4v) is 1.47. The topological polar surface area (TPSA) is 34.1 Å². The summed E-state index contributed by atoms with van der Waals surface area (Å²) in [5.41, 5.74) is 2.95. The third kappa shape index (κ3) is 3.30. The van der Waals surface area contributed by atoms with E-state index in [2.05, 4.69) is 17.2 Å². The molecule has 1 aromatic heterocycles. The second-order valence-electron chi connectivity index (χ2n) is 2.72. The highest BCUT2D eigenvalue weighted by atomic mass is 32.1. The van der Waals surface area contributed by atoms with Crippen LogP contribution < -0.4 is 5.32 Å². The molecule has 1 aromatic rings. The first-order valence-electron chi connectivity index (χ1n) is 3.92. The van der Waals surface area contributed by atoms with E-state index in [4.69, 9.17) is 4.74 Å². The van der Waals surface area contributed by atoms with E-state index < -0.39 is 0 Å². The summed E-state index contributed by atoms with van der Waals surface area (Å²) < 4.78 is 4.99. The Morgan fingerprint density at radius 1 is 1.75 bits per heavy atom. The number of hydrogen-bond donors (Lipinski definition) is 1. The summed E-state index contributed by atoms with van der Waals surface area (Å²) in [6.45, 7) is 3.66. The number of ether oxygens (including phenoxy) is 1. The van der Waals surface area contributed by atoms with Crippen molar-refractivity contribution in [2.45, 2.75) is 19.5 Å². The number of aromatic nitrogens is 1. The molecule has 0 amide bonds. The van der Waals surface area contributed by atoms with Gasteiger partial charge in [0.2, 0.25) is 0 Å². The van der Waals surface area contributed by atoms with Crippen LogP contribution in [0, 0.1) is 0 Å². The SMILES string of the molecule is COCC(C)NCc1cscn1. The van der Waals surface area contributed by atoms with Gasteiger partial charge in [0, 0.05) is 25.1 Å². The van der Waals surface area contributed by atoms with Crippen LogP contribution in [0.15, 0.2) is 10.9 Å². The first kappa shape index (κ1) is 9.64. The Balaban J connectivity index is 2.17. The molecular weight excluding hydrogens is 172 g/mol. The van der Waals surface area contributed by atoms with Crippen molar-refractivity contribution in [2.75, 3.05) is 13.7 Å². The lowest BCUT2D eigenvalue weighted by Crippen LogP contribution is -2.29. The fraction of sp³-hybridized carbons (Fsp3) is 0.625. The van der Waals surface area contributed by atoms with Crippen molar-refractivity contribution in [1.29, 1.82) is 0 Å². The average Bonchev–Trinajstić information content (AvgIpc) is 2.53. The average molecular weight is 186 g/mol. The smallest absolute Gasteiger partial charge is 0.0795 e. The third-order valence-electron chi connectivity index (χ3n) is 1.53. The first-order chi connectivity index (χ1) is 5.83. The fourth-order valence-electron chi connectivity index (χ4n) is 0.913. The van der Waals surface area contributed by atoms with Gasteiger partial charge in [-0.1, -0.05) is 0 Å². The van der Waals surface area contributed by atoms with Crippen molar-refractivity contribution < 1.29 is 4.74 Å². The Morgan fingerprint density at radius 3 is 3.17 bits per heavy atom. The van der Waals surface area contributed by atoms with Gasteiger partial charge in [-0.05, 0) is 6.92 Å². The van der Waals surface area contributed by atoms with Gasteiger partial charge in [-0.3, -0.25) is 0 Å². The zero-order valence-electron chi connectivity index (χ0n) is 7.41. The number of thiazole rings is 1. The Labute approximate surface area is 76.8 Å². The molecule has 0 aliphatic heterocycles. The Hall–Kier alpha value is -0.450. The van der Waals surface area contributed by atoms with Crippen LogP contribution in [0.5, 0.6) is 0 Å². The standard InChI is InChI=1S/C8H14N2OS/c1-7(4-11-2)9-3-8-5-12-6-10-8/h5-7,9H,3-4H2,1-2H3. The summed E-state index contributed by atoms with van der Waals surface area (Å²) in [6, 6.07) is 0.386. The van der Waals surface area contributed by atoms with Gasteiger partial charge in [-0.2, -0.15) is 0 Å². The predicted octanol–water partition coefficient (Wildman–Crippen LogP) is 1.27. The number of nitrogens with zero attached hydrogens (tertiary/aromatic N) is 1. The van der Waals surface area contributed by atoms with Crippen molar-refractivity contribution in [3.8, 4) is 0 Å². The van der Waals surface area contributed by atoms with Crippen molar-refractivity contribution in [2.24, 2.45) is 0 Å². The van der Waals surface area contributed by atoms with E-state index in [1.54, 1.807) is 18.4 Å². The van der Waals surface area contributed by atoms with E-state index in [9.17, 15) is 0 Å². The maximum atomic E-state index is 4.99. The van der Waals surface area contributed by atoms with Crippen LogP contribution >= 0.6 is 11.3 Å². The molecule has 12 heavy (non-hydrogen) atoms. The maximum Gasteiger partial charge on any atom is 0.0795 e. The number of methoxy groups -OCH3 is 1. The summed E-state index contributed by atoms with van der Waals surface area (Å²) in [4.78, 5) is 4.16. The van der Waals surface area contributed by atoms with Gasteiger partial charge in [0.15, 0.2) is 0 Å². The highest BCUT2D eigenvalue weighted by Gasteiger charge is 2.00. The van der Waals surface area contributed by atoms with Crippen molar-refractivity contribution >= 4 is 11.3 Å². The van der Waals surface area contributed by atoms with Crippen LogP contribution in [-0.2, 0) is 11.3 Å². The van der Waals surface area contributed by atoms with Gasteiger partial charge < -0.3 is 10.1 Å². The van der Waals surface area contributed by atoms with Crippen LogP contribution in [0.1, 0.15) is 12.6 Å². The lowest BCUT2D eigenvalue weighted by Gasteiger charge is -2.10. The van der Waals surface area contributed by atoms with Crippen molar-refractivity contribution in [3.05, 3.63) is 16.6 Å². The van der Waals surface area contributed by atoms with E-state index in [1.165, 1.54) is 0 Å². The zero-order valence-corrected chi connectivity index (χ0v) is 8.23. The molecule has 0 fully saturated rings. The van der Waals surface area contributed by atoms with Gasteiger partial charge in [-0.25, -0.2) is 4.98 Å². The minimum Gasteiger partial charge on any atom is -0.383 e. The normalized spacial score (nSPS) is 13.2. The summed E-state index contributed by atoms with van der Waals surface area (Å²) in [6.07, 6.45) is 0. The molecule has 1 N–H and O–H groups in total. The van der Waals surface area contributed by atoms with Gasteiger partial charge >= 0.3 is 0 Å². The Kier molecular flexibility index (Phi) is 4.21. The minimum atomic E-state index is 0.386. The molecule has 1 rings (SSSR count). The van der Waals surface area contributed by atoms with E-state index in [-0.39, 0.29) is 0 Å². The first-order valence-corrected chi connectivity index (χ1v) is 4.86. The second kappa shape index (κ2) is 5.24. The second-order valence-corrected chi connectivity index (χ2v) is 3.44. The molecule has 0 saturated heterocycles. The molecule has 4 heteroatoms. The number of nitrogens with one attached hydrogen (secondary N) is 1. The summed E-state index contributed by atoms with van der Waals surface area (Å²) in [5.74, 6) is 0. The van der Waals surface area contributed by atoms with Crippen LogP contribution in [0.4, 0.5) is 0 Å². The summed E-state index contributed by atoms with van der Waals surface area (Å²) in [5, 5.41) is 5.35. The van der Waals surface area contributed by atoms with Gasteiger partial charge in [0.05, 0.1) is 17.8 Å². The molecule has 0 bridgehead atoms. The lowest BCUT2D eigenvalue weighted by atomic mass is 10.3. The molecule has 0 aliphatic carbocycles. The lowest BCUT2D eigenvalue weighted by molar-refractivity contribution is 0.171. The highest BCUT2D eigenvalue weighted by molar-refractivity contribution is 7.07. The minimum absolute atomic E-state index is 0.386. The van der Waals surface area contributed by atoms with E-state index >= 15 is 0 Å². The third-order valence-corrected chi connectivity index (χ3v) is 2.17. The van der Waals surface area contributed by atoms with Crippen LogP contribution in [0.2, 0.25) is 0 Å². The van der Waals surface area contributed by atoms with Crippen molar-refractivity contribution in [3.63, 3.8) is 0 Å². The van der Waals surface area contributed by atoms with Crippen LogP contribution in [0.25, 0.3) is 0 Å². The van der Waals surface area contributed by atoms with Crippen molar-refractivity contribution in [1.82, 2.24) is 10.3 Å². The van der Waals surface area contributed by atoms with E-state index in [1.807, 2.05) is 10.9 Å². The molecule has 0 radical (unpaired) electrons. The molecule has 1 heterocycles. The molecule has 0 aromatic carbocycles. The molecule has 0 saturated carbocycles. The molecule has 3 nitrogen and oxygen atoms in total. The van der Waals surface area contributed by atoms with Crippen LogP contribution in [-0.4, -0.2) is 24.7 Å². The maximum absolute atomic E-state index is 4.99. The molecule has 0 aliphatic rings. The molecular formula is C8H14N2OS. The quantitative estimate of drug-likeness (QED) is 0.752. The van der Waals surface area contributed by atoms with E-state index in [0.29, 0.717) is 6.04 Å². The Morgan fingerprint density at radius 2 is 2.58 bits per heavy atom. The number of rotatable bonds is 5. The highest BCUT2D eigenvalue weighted by Crippen LogP contribution is 2.00. The summed E-state index contributed by atoms with van der Waals surface area (Å²) in [7, 11) is 1.71. The largest absolute Gasteiger partial charge is 0.383 e. The van der Waals surface area contributed by atoms with Crippen LogP contribution in [0.3, 0.4) is 0 Å². The van der Waals surface area contributed by atoms with Gasteiger partial charge in [-0.15, -0.1) is 11.3 Å². The molecule has 68 valence electrons. The van der Waals surface area contributed by atoms with E-state index in [0.717, 1.165) is 18.8 Å². The molecule has 0 spiro atoms. The predicted molar refractivity (Wildman–Crippen MR) is 50.3 cm³/mol. The van der Waals surface area contributed by atoms with Gasteiger partial charge in [0.1, 0.15) is 0 Å². The zero-order chi connectivity index (χ0) is 8.81. The molecule has 1 atom stereocenters. The molecule has 1 unspecified atom stereocenters. The van der Waals surface area contributed by atoms with Gasteiger partial charge in [0.25, 0.3) is 0 Å². The number of hydrogen-bond acceptors (Lipinski definition) is 4. The summed E-state index contributed by atoms with van der Waals surface area (Å²) >= 11 is 1.62. The Bertz CT molecular complexity index is 201. The monoisotopic (exact) mass is 186 g/mol.